The highest BCUT2D eigenvalue weighted by molar-refractivity contribution is 5.98. The normalized spacial score (nSPS) is 39.0. The van der Waals surface area contributed by atoms with Gasteiger partial charge in [0.1, 0.15) is 24.4 Å². The Hall–Kier alpha value is -3.64. The molecule has 49 heavy (non-hydrogen) atoms. The molecule has 1 heterocycles. The van der Waals surface area contributed by atoms with Crippen molar-refractivity contribution in [1.29, 1.82) is 0 Å². The maximum atomic E-state index is 15.2. The van der Waals surface area contributed by atoms with E-state index < -0.39 is 100 Å². The average molecular weight is 684 g/mol. The Morgan fingerprint density at radius 2 is 1.80 bits per heavy atom. The van der Waals surface area contributed by atoms with Crippen molar-refractivity contribution in [3.8, 4) is 0 Å². The van der Waals surface area contributed by atoms with Gasteiger partial charge >= 0.3 is 23.9 Å². The second kappa shape index (κ2) is 12.9. The summed E-state index contributed by atoms with van der Waals surface area (Å²) in [5.41, 5.74) is -6.42. The fourth-order valence-electron chi connectivity index (χ4n) is 9.61. The van der Waals surface area contributed by atoms with Crippen LogP contribution in [-0.4, -0.2) is 81.0 Å². The van der Waals surface area contributed by atoms with Crippen LogP contribution in [0, 0.1) is 40.4 Å². The number of aliphatic hydroxyl groups excluding tert-OH is 1. The van der Waals surface area contributed by atoms with Gasteiger partial charge < -0.3 is 29.2 Å². The topological polar surface area (TPSA) is 176 Å². The van der Waals surface area contributed by atoms with Crippen LogP contribution in [0.3, 0.4) is 0 Å². The Kier molecular flexibility index (Phi) is 9.66. The molecule has 1 aromatic heterocycles. The van der Waals surface area contributed by atoms with Crippen LogP contribution in [0.15, 0.2) is 36.2 Å². The number of fused-ring (bicyclic) bond motifs is 4. The smallest absolute Gasteiger partial charge is 0.339 e. The molecule has 2 N–H and O–H groups in total. The van der Waals surface area contributed by atoms with Crippen LogP contribution in [-0.2, 0) is 38.1 Å². The highest BCUT2D eigenvalue weighted by atomic mass is 16.6. The van der Waals surface area contributed by atoms with E-state index in [2.05, 4.69) is 4.98 Å². The maximum Gasteiger partial charge on any atom is 0.339 e. The Bertz CT molecular complexity index is 1540. The second-order valence-electron chi connectivity index (χ2n) is 15.3. The Balaban J connectivity index is 1.82. The van der Waals surface area contributed by atoms with Gasteiger partial charge in [0.05, 0.1) is 23.0 Å². The predicted molar refractivity (Wildman–Crippen MR) is 173 cm³/mol. The van der Waals surface area contributed by atoms with Crippen molar-refractivity contribution in [2.45, 2.75) is 111 Å². The van der Waals surface area contributed by atoms with Gasteiger partial charge in [-0.1, -0.05) is 33.8 Å². The van der Waals surface area contributed by atoms with E-state index >= 15 is 4.79 Å². The van der Waals surface area contributed by atoms with E-state index in [1.807, 2.05) is 20.8 Å². The summed E-state index contributed by atoms with van der Waals surface area (Å²) in [4.78, 5) is 72.6. The fraction of sp³-hybridized carbons (Fsp3) is 0.676. The molecule has 0 saturated heterocycles. The minimum absolute atomic E-state index is 0.0622. The number of esters is 4. The van der Waals surface area contributed by atoms with E-state index in [0.29, 0.717) is 6.42 Å². The van der Waals surface area contributed by atoms with Crippen molar-refractivity contribution >= 4 is 29.7 Å². The zero-order valence-corrected chi connectivity index (χ0v) is 29.6. The SMILES string of the molecule is CC=C(C)C(=O)O[C@@H]1[C@H]2[C@@H](OC(=O)CCC)[C@@H](C)C[C@]2(O)C(=O)[C@@](C)(OC(C)=O)[C@@H]2[C@@H]3[C@H](C[C@@H](O)[C@@]12COC(=O)c1cccnc1)C3(C)C. The number of Topliss-reactive ketones (excluding diaryl/α,β-unsaturated/α-hetero) is 1. The lowest BCUT2D eigenvalue weighted by Gasteiger charge is -2.54. The molecule has 0 spiro atoms. The molecule has 11 atom stereocenters. The lowest BCUT2D eigenvalue weighted by Crippen LogP contribution is -2.66. The van der Waals surface area contributed by atoms with Crippen LogP contribution in [0.25, 0.3) is 0 Å². The van der Waals surface area contributed by atoms with E-state index in [4.69, 9.17) is 18.9 Å². The summed E-state index contributed by atoms with van der Waals surface area (Å²) in [7, 11) is 0. The number of carbonyl (C=O) groups is 5. The van der Waals surface area contributed by atoms with Crippen LogP contribution >= 0.6 is 0 Å². The molecule has 0 bridgehead atoms. The van der Waals surface area contributed by atoms with Crippen LogP contribution < -0.4 is 0 Å². The molecule has 5 rings (SSSR count). The number of aliphatic hydroxyl groups is 2. The van der Waals surface area contributed by atoms with Gasteiger partial charge in [-0.15, -0.1) is 0 Å². The standard InChI is InChI=1S/C37H49NO11/c1-9-12-25(41)47-28-20(4)16-37(45)27(28)30(48-31(42)19(3)10-2)36(18-46-32(43)22-13-11-14-38-17-22)24(40)15-23-26(34(23,6)7)29(36)35(8,33(37)44)49-21(5)39/h10-11,13-14,17,20,23-24,26-30,40,45H,9,12,15-16,18H2,1-8H3/t20-,23-,24+,26-,27+,28-,29-,30+,35-,36+,37+/m0/s1. The number of nitrogens with zero attached hydrogens (tertiary/aromatic N) is 1. The summed E-state index contributed by atoms with van der Waals surface area (Å²) in [6.45, 7) is 12.7. The van der Waals surface area contributed by atoms with Crippen LogP contribution in [0.2, 0.25) is 0 Å². The largest absolute Gasteiger partial charge is 0.461 e. The van der Waals surface area contributed by atoms with Crippen molar-refractivity contribution < 1.29 is 53.1 Å². The molecule has 1 aromatic rings. The van der Waals surface area contributed by atoms with E-state index in [-0.39, 0.29) is 36.3 Å². The number of pyridine rings is 1. The number of ether oxygens (including phenoxy) is 4. The van der Waals surface area contributed by atoms with E-state index in [0.717, 1.165) is 6.92 Å². The molecule has 4 aliphatic carbocycles. The van der Waals surface area contributed by atoms with Crippen molar-refractivity contribution in [3.05, 3.63) is 41.7 Å². The molecule has 12 heteroatoms. The lowest BCUT2D eigenvalue weighted by molar-refractivity contribution is -0.229. The van der Waals surface area contributed by atoms with Gasteiger partial charge in [0.2, 0.25) is 5.78 Å². The summed E-state index contributed by atoms with van der Waals surface area (Å²) in [6, 6.07) is 3.07. The van der Waals surface area contributed by atoms with Gasteiger partial charge in [-0.05, 0) is 75.3 Å². The molecule has 0 aromatic carbocycles. The first-order chi connectivity index (χ1) is 22.9. The third-order valence-electron chi connectivity index (χ3n) is 12.0. The van der Waals surface area contributed by atoms with Crippen LogP contribution in [0.1, 0.15) is 91.4 Å². The molecule has 0 radical (unpaired) electrons. The second-order valence-corrected chi connectivity index (χ2v) is 15.3. The highest BCUT2D eigenvalue weighted by Crippen LogP contribution is 2.75. The fourth-order valence-corrected chi connectivity index (χ4v) is 9.61. The van der Waals surface area contributed by atoms with Crippen LogP contribution in [0.5, 0.6) is 0 Å². The molecule has 4 fully saturated rings. The van der Waals surface area contributed by atoms with Gasteiger partial charge in [0.25, 0.3) is 0 Å². The van der Waals surface area contributed by atoms with Gasteiger partial charge in [0.15, 0.2) is 5.60 Å². The summed E-state index contributed by atoms with van der Waals surface area (Å²) in [6.07, 6.45) is 0.774. The number of ketones is 1. The van der Waals surface area contributed by atoms with E-state index in [9.17, 15) is 29.4 Å². The van der Waals surface area contributed by atoms with Gasteiger partial charge in [-0.3, -0.25) is 19.4 Å². The van der Waals surface area contributed by atoms with E-state index in [1.165, 1.54) is 25.4 Å². The summed E-state index contributed by atoms with van der Waals surface area (Å²) in [5.74, 6) is -7.49. The molecular formula is C37H49NO11. The summed E-state index contributed by atoms with van der Waals surface area (Å²) in [5, 5.41) is 25.3. The summed E-state index contributed by atoms with van der Waals surface area (Å²) >= 11 is 0. The molecule has 12 nitrogen and oxygen atoms in total. The Morgan fingerprint density at radius 3 is 2.39 bits per heavy atom. The quantitative estimate of drug-likeness (QED) is 0.219. The molecule has 0 unspecified atom stereocenters. The van der Waals surface area contributed by atoms with Crippen molar-refractivity contribution in [2.24, 2.45) is 40.4 Å². The van der Waals surface area contributed by atoms with Crippen molar-refractivity contribution in [1.82, 2.24) is 4.98 Å². The summed E-state index contributed by atoms with van der Waals surface area (Å²) < 4.78 is 24.4. The third-order valence-corrected chi connectivity index (χ3v) is 12.0. The highest BCUT2D eigenvalue weighted by Gasteiger charge is 2.83. The zero-order valence-electron chi connectivity index (χ0n) is 29.6. The van der Waals surface area contributed by atoms with Gasteiger partial charge in [-0.2, -0.15) is 0 Å². The molecule has 4 aliphatic rings. The molecular weight excluding hydrogens is 634 g/mol. The maximum absolute atomic E-state index is 15.2. The molecule has 0 amide bonds. The minimum Gasteiger partial charge on any atom is -0.461 e. The number of hydrogen-bond donors (Lipinski definition) is 2. The number of rotatable bonds is 9. The van der Waals surface area contributed by atoms with Crippen molar-refractivity contribution in [2.75, 3.05) is 6.61 Å². The van der Waals surface area contributed by atoms with Crippen LogP contribution in [0.4, 0.5) is 0 Å². The molecule has 268 valence electrons. The Labute approximate surface area is 286 Å². The number of carbonyl (C=O) groups excluding carboxylic acids is 5. The predicted octanol–water partition coefficient (Wildman–Crippen LogP) is 3.76. The first-order valence-corrected chi connectivity index (χ1v) is 17.2. The molecule has 4 saturated carbocycles. The Morgan fingerprint density at radius 1 is 1.10 bits per heavy atom. The first-order valence-electron chi connectivity index (χ1n) is 17.2. The zero-order chi connectivity index (χ0) is 36.3. The first kappa shape index (κ1) is 36.6. The minimum atomic E-state index is -2.35. The third kappa shape index (κ3) is 5.78. The number of hydrogen-bond acceptors (Lipinski definition) is 12. The van der Waals surface area contributed by atoms with Crippen molar-refractivity contribution in [3.63, 3.8) is 0 Å². The number of allylic oxidation sites excluding steroid dienone is 1. The lowest BCUT2D eigenvalue weighted by atomic mass is 9.55. The average Bonchev–Trinajstić information content (AvgIpc) is 3.48. The monoisotopic (exact) mass is 683 g/mol. The van der Waals surface area contributed by atoms with Gasteiger partial charge in [-0.25, -0.2) is 9.59 Å². The van der Waals surface area contributed by atoms with Gasteiger partial charge in [0, 0.05) is 37.2 Å². The van der Waals surface area contributed by atoms with E-state index in [1.54, 1.807) is 32.9 Å². The molecule has 0 aliphatic heterocycles. The number of aromatic nitrogens is 1.